The smallest absolute Gasteiger partial charge is 0.281 e. The van der Waals surface area contributed by atoms with Crippen LogP contribution in [0.4, 0.5) is 0 Å². The van der Waals surface area contributed by atoms with Crippen LogP contribution in [0.5, 0.6) is 0 Å². The maximum Gasteiger partial charge on any atom is 0.281 e. The van der Waals surface area contributed by atoms with Crippen LogP contribution >= 0.6 is 0 Å². The lowest BCUT2D eigenvalue weighted by Crippen LogP contribution is -2.42. The maximum absolute atomic E-state index is 11.9. The highest BCUT2D eigenvalue weighted by molar-refractivity contribution is 7.86. The van der Waals surface area contributed by atoms with E-state index in [1.807, 2.05) is 20.9 Å². The number of hydrogen-bond acceptors (Lipinski definition) is 3. The zero-order valence-corrected chi connectivity index (χ0v) is 11.0. The highest BCUT2D eigenvalue weighted by Crippen LogP contribution is 2.05. The monoisotopic (exact) mass is 237 g/mol. The summed E-state index contributed by atoms with van der Waals surface area (Å²) >= 11 is 0. The Bertz CT molecular complexity index is 250. The summed E-state index contributed by atoms with van der Waals surface area (Å²) in [7, 11) is 0.246. The second-order valence-electron chi connectivity index (χ2n) is 3.37. The van der Waals surface area contributed by atoms with Crippen molar-refractivity contribution in [3.05, 3.63) is 0 Å². The molecule has 0 bridgehead atoms. The van der Waals surface area contributed by atoms with Gasteiger partial charge >= 0.3 is 0 Å². The molecule has 92 valence electrons. The average Bonchev–Trinajstić information content (AvgIpc) is 2.19. The fourth-order valence-electron chi connectivity index (χ4n) is 1.34. The van der Waals surface area contributed by atoms with Gasteiger partial charge in [-0.05, 0) is 20.0 Å². The van der Waals surface area contributed by atoms with Crippen molar-refractivity contribution in [2.75, 3.05) is 40.3 Å². The molecule has 1 N–H and O–H groups in total. The zero-order valence-electron chi connectivity index (χ0n) is 10.2. The van der Waals surface area contributed by atoms with E-state index in [0.717, 1.165) is 13.0 Å². The van der Waals surface area contributed by atoms with E-state index in [1.54, 1.807) is 7.05 Å². The highest BCUT2D eigenvalue weighted by Gasteiger charge is 2.23. The van der Waals surface area contributed by atoms with Gasteiger partial charge in [0.25, 0.3) is 10.2 Å². The summed E-state index contributed by atoms with van der Waals surface area (Å²) in [5.74, 6) is 0. The summed E-state index contributed by atoms with van der Waals surface area (Å²) in [6.45, 7) is 6.13. The molecule has 0 rings (SSSR count). The van der Waals surface area contributed by atoms with Gasteiger partial charge in [-0.3, -0.25) is 0 Å². The minimum absolute atomic E-state index is 0.523. The molecule has 0 aromatic rings. The molecule has 0 radical (unpaired) electrons. The molecular formula is C9H23N3O2S. The molecule has 0 atom stereocenters. The van der Waals surface area contributed by atoms with Gasteiger partial charge in [-0.15, -0.1) is 0 Å². The topological polar surface area (TPSA) is 52.7 Å². The van der Waals surface area contributed by atoms with E-state index in [-0.39, 0.29) is 0 Å². The van der Waals surface area contributed by atoms with Gasteiger partial charge in [0.15, 0.2) is 0 Å². The summed E-state index contributed by atoms with van der Waals surface area (Å²) < 4.78 is 26.7. The zero-order chi connectivity index (χ0) is 11.9. The highest BCUT2D eigenvalue weighted by atomic mass is 32.2. The Labute approximate surface area is 93.6 Å². The van der Waals surface area contributed by atoms with Gasteiger partial charge in [0.1, 0.15) is 0 Å². The summed E-state index contributed by atoms with van der Waals surface area (Å²) in [4.78, 5) is 0. The molecule has 0 saturated carbocycles. The quantitative estimate of drug-likeness (QED) is 0.610. The minimum atomic E-state index is -3.24. The van der Waals surface area contributed by atoms with Gasteiger partial charge in [0, 0.05) is 26.7 Å². The Hall–Kier alpha value is -0.170. The maximum atomic E-state index is 11.9. The van der Waals surface area contributed by atoms with Crippen LogP contribution < -0.4 is 5.32 Å². The Morgan fingerprint density at radius 3 is 2.13 bits per heavy atom. The first kappa shape index (κ1) is 14.8. The number of hydrogen-bond donors (Lipinski definition) is 1. The number of rotatable bonds is 8. The van der Waals surface area contributed by atoms with Crippen LogP contribution in [0.2, 0.25) is 0 Å². The van der Waals surface area contributed by atoms with E-state index in [9.17, 15) is 8.42 Å². The molecule has 0 aliphatic carbocycles. The van der Waals surface area contributed by atoms with E-state index in [2.05, 4.69) is 5.32 Å². The summed E-state index contributed by atoms with van der Waals surface area (Å²) in [6.07, 6.45) is 0.827. The number of nitrogens with zero attached hydrogens (tertiary/aromatic N) is 2. The van der Waals surface area contributed by atoms with E-state index >= 15 is 0 Å². The van der Waals surface area contributed by atoms with Crippen LogP contribution in [0.15, 0.2) is 0 Å². The summed E-state index contributed by atoms with van der Waals surface area (Å²) in [6, 6.07) is 0. The van der Waals surface area contributed by atoms with Gasteiger partial charge in [-0.1, -0.05) is 13.8 Å². The van der Waals surface area contributed by atoms with Gasteiger partial charge in [-0.25, -0.2) is 0 Å². The molecule has 0 fully saturated rings. The molecule has 0 aromatic heterocycles. The molecule has 15 heavy (non-hydrogen) atoms. The van der Waals surface area contributed by atoms with Crippen LogP contribution in [0.1, 0.15) is 20.3 Å². The Morgan fingerprint density at radius 1 is 1.20 bits per heavy atom. The molecule has 0 aromatic carbocycles. The molecule has 0 aliphatic rings. The fourth-order valence-corrected chi connectivity index (χ4v) is 2.75. The van der Waals surface area contributed by atoms with Crippen molar-refractivity contribution in [2.24, 2.45) is 0 Å². The van der Waals surface area contributed by atoms with Crippen LogP contribution in [0.25, 0.3) is 0 Å². The summed E-state index contributed by atoms with van der Waals surface area (Å²) in [5.41, 5.74) is 0. The van der Waals surface area contributed by atoms with Crippen molar-refractivity contribution in [2.45, 2.75) is 20.3 Å². The van der Waals surface area contributed by atoms with Crippen LogP contribution in [0.3, 0.4) is 0 Å². The molecule has 0 aliphatic heterocycles. The second kappa shape index (κ2) is 7.16. The predicted octanol–water partition coefficient (Wildman–Crippen LogP) is 0.114. The van der Waals surface area contributed by atoms with Crippen molar-refractivity contribution in [1.82, 2.24) is 13.9 Å². The van der Waals surface area contributed by atoms with Gasteiger partial charge in [0.2, 0.25) is 0 Å². The normalized spacial score (nSPS) is 12.7. The van der Waals surface area contributed by atoms with E-state index in [4.69, 9.17) is 0 Å². The molecule has 0 amide bonds. The van der Waals surface area contributed by atoms with E-state index < -0.39 is 10.2 Å². The standard InChI is InChI=1S/C9H23N3O2S/c1-5-12(6-2)15(13,14)11(4)9-7-8-10-3/h10H,5-9H2,1-4H3. The average molecular weight is 237 g/mol. The van der Waals surface area contributed by atoms with Crippen molar-refractivity contribution in [1.29, 1.82) is 0 Å². The lowest BCUT2D eigenvalue weighted by atomic mass is 10.4. The third-order valence-corrected chi connectivity index (χ3v) is 4.46. The third-order valence-electron chi connectivity index (χ3n) is 2.33. The predicted molar refractivity (Wildman–Crippen MR) is 63.0 cm³/mol. The van der Waals surface area contributed by atoms with Crippen molar-refractivity contribution >= 4 is 10.2 Å². The van der Waals surface area contributed by atoms with Gasteiger partial charge < -0.3 is 5.32 Å². The van der Waals surface area contributed by atoms with Gasteiger partial charge in [0.05, 0.1) is 0 Å². The molecule has 6 heteroatoms. The molecule has 0 spiro atoms. The second-order valence-corrected chi connectivity index (χ2v) is 5.41. The first-order chi connectivity index (χ1) is 7.00. The first-order valence-corrected chi connectivity index (χ1v) is 6.76. The SMILES string of the molecule is CCN(CC)S(=O)(=O)N(C)CCCNC. The van der Waals surface area contributed by atoms with Crippen molar-refractivity contribution in [3.8, 4) is 0 Å². The van der Waals surface area contributed by atoms with E-state index in [0.29, 0.717) is 19.6 Å². The van der Waals surface area contributed by atoms with Crippen LogP contribution in [0, 0.1) is 0 Å². The molecule has 0 heterocycles. The minimum Gasteiger partial charge on any atom is -0.320 e. The molecule has 0 saturated heterocycles. The van der Waals surface area contributed by atoms with Crippen molar-refractivity contribution < 1.29 is 8.42 Å². The Morgan fingerprint density at radius 2 is 1.73 bits per heavy atom. The van der Waals surface area contributed by atoms with Gasteiger partial charge in [-0.2, -0.15) is 17.0 Å². The third kappa shape index (κ3) is 4.46. The largest absolute Gasteiger partial charge is 0.320 e. The summed E-state index contributed by atoms with van der Waals surface area (Å²) in [5, 5.41) is 3.00. The fraction of sp³-hybridized carbons (Fsp3) is 1.00. The molecule has 0 unspecified atom stereocenters. The number of nitrogens with one attached hydrogen (secondary N) is 1. The van der Waals surface area contributed by atoms with Crippen molar-refractivity contribution in [3.63, 3.8) is 0 Å². The lowest BCUT2D eigenvalue weighted by Gasteiger charge is -2.25. The molecule has 5 nitrogen and oxygen atoms in total. The van der Waals surface area contributed by atoms with E-state index in [1.165, 1.54) is 8.61 Å². The Kier molecular flexibility index (Phi) is 7.08. The van der Waals surface area contributed by atoms with Crippen LogP contribution in [-0.4, -0.2) is 57.3 Å². The first-order valence-electron chi connectivity index (χ1n) is 5.36. The van der Waals surface area contributed by atoms with Crippen LogP contribution in [-0.2, 0) is 10.2 Å². The lowest BCUT2D eigenvalue weighted by molar-refractivity contribution is 0.374. The Balaban J connectivity index is 4.31. The molecular weight excluding hydrogens is 214 g/mol.